The van der Waals surface area contributed by atoms with Crippen LogP contribution in [0.5, 0.6) is 0 Å². The van der Waals surface area contributed by atoms with Gasteiger partial charge in [0, 0.05) is 37.7 Å². The largest absolute Gasteiger partial charge is 0.375 e. The predicted molar refractivity (Wildman–Crippen MR) is 105 cm³/mol. The molecule has 1 aromatic carbocycles. The lowest BCUT2D eigenvalue weighted by Crippen LogP contribution is -2.37. The molecule has 2 amide bonds. The van der Waals surface area contributed by atoms with E-state index < -0.39 is 0 Å². The van der Waals surface area contributed by atoms with E-state index in [1.54, 1.807) is 12.4 Å². The van der Waals surface area contributed by atoms with Crippen LogP contribution in [0, 0.1) is 19.8 Å². The van der Waals surface area contributed by atoms with Gasteiger partial charge in [-0.25, -0.2) is 0 Å². The van der Waals surface area contributed by atoms with E-state index in [0.29, 0.717) is 25.3 Å². The number of ether oxygens (including phenoxy) is 1. The lowest BCUT2D eigenvalue weighted by atomic mass is 10.0. The fourth-order valence-electron chi connectivity index (χ4n) is 4.32. The molecule has 3 atom stereocenters. The Morgan fingerprint density at radius 2 is 2.04 bits per heavy atom. The van der Waals surface area contributed by atoms with Crippen LogP contribution in [0.15, 0.2) is 42.7 Å². The van der Waals surface area contributed by atoms with Crippen molar-refractivity contribution in [1.29, 1.82) is 0 Å². The molecule has 2 aliphatic heterocycles. The fourth-order valence-corrected chi connectivity index (χ4v) is 4.32. The number of pyridine rings is 1. The first-order valence-electron chi connectivity index (χ1n) is 9.70. The number of rotatable bonds is 4. The highest BCUT2D eigenvalue weighted by molar-refractivity contribution is 5.96. The van der Waals surface area contributed by atoms with Crippen LogP contribution >= 0.6 is 0 Å². The fraction of sp³-hybridized carbons (Fsp3) is 0.409. The van der Waals surface area contributed by atoms with Gasteiger partial charge in [0.2, 0.25) is 5.91 Å². The molecule has 2 fully saturated rings. The summed E-state index contributed by atoms with van der Waals surface area (Å²) in [5.41, 5.74) is 3.75. The van der Waals surface area contributed by atoms with Gasteiger partial charge in [-0.05, 0) is 44.0 Å². The van der Waals surface area contributed by atoms with Crippen molar-refractivity contribution in [2.45, 2.75) is 39.0 Å². The van der Waals surface area contributed by atoms with E-state index in [4.69, 9.17) is 4.74 Å². The second kappa shape index (κ2) is 7.72. The van der Waals surface area contributed by atoms with Crippen molar-refractivity contribution >= 4 is 11.8 Å². The Morgan fingerprint density at radius 1 is 1.25 bits per heavy atom. The van der Waals surface area contributed by atoms with E-state index in [-0.39, 0.29) is 29.9 Å². The average Bonchev–Trinajstić information content (AvgIpc) is 3.28. The summed E-state index contributed by atoms with van der Waals surface area (Å²) in [5.74, 6) is -0.439. The van der Waals surface area contributed by atoms with Gasteiger partial charge in [-0.2, -0.15) is 0 Å². The van der Waals surface area contributed by atoms with Gasteiger partial charge in [0.25, 0.3) is 5.91 Å². The van der Waals surface area contributed by atoms with Crippen LogP contribution in [0.25, 0.3) is 0 Å². The molecule has 1 N–H and O–H groups in total. The number of nitrogens with one attached hydrogen (secondary N) is 1. The molecular formula is C22H25N3O3. The van der Waals surface area contributed by atoms with Crippen LogP contribution in [0.1, 0.15) is 33.5 Å². The highest BCUT2D eigenvalue weighted by atomic mass is 16.5. The molecule has 6 heteroatoms. The Morgan fingerprint density at radius 3 is 2.75 bits per heavy atom. The van der Waals surface area contributed by atoms with Crippen LogP contribution < -0.4 is 5.32 Å². The third-order valence-electron chi connectivity index (χ3n) is 5.55. The summed E-state index contributed by atoms with van der Waals surface area (Å²) < 4.78 is 5.86. The zero-order valence-corrected chi connectivity index (χ0v) is 16.2. The Kier molecular flexibility index (Phi) is 5.13. The molecule has 0 aliphatic carbocycles. The van der Waals surface area contributed by atoms with Crippen molar-refractivity contribution in [1.82, 2.24) is 15.2 Å². The summed E-state index contributed by atoms with van der Waals surface area (Å²) >= 11 is 0. The first-order valence-corrected chi connectivity index (χ1v) is 9.70. The van der Waals surface area contributed by atoms with Crippen LogP contribution in [0.2, 0.25) is 0 Å². The highest BCUT2D eigenvalue weighted by Crippen LogP contribution is 2.34. The summed E-state index contributed by atoms with van der Waals surface area (Å²) in [7, 11) is 0. The highest BCUT2D eigenvalue weighted by Gasteiger charge is 2.50. The smallest absolute Gasteiger partial charge is 0.254 e. The van der Waals surface area contributed by atoms with E-state index in [2.05, 4.69) is 16.4 Å². The molecule has 2 aromatic rings. The lowest BCUT2D eigenvalue weighted by molar-refractivity contribution is -0.127. The quantitative estimate of drug-likeness (QED) is 0.884. The Balaban J connectivity index is 1.48. The minimum absolute atomic E-state index is 0.0186. The van der Waals surface area contributed by atoms with Gasteiger partial charge < -0.3 is 15.0 Å². The summed E-state index contributed by atoms with van der Waals surface area (Å²) in [6.07, 6.45) is 3.98. The summed E-state index contributed by atoms with van der Waals surface area (Å²) in [5, 5.41) is 2.97. The molecule has 2 saturated heterocycles. The second-order valence-corrected chi connectivity index (χ2v) is 7.71. The van der Waals surface area contributed by atoms with Crippen LogP contribution in [0.3, 0.4) is 0 Å². The molecule has 1 aromatic heterocycles. The minimum atomic E-state index is -0.348. The molecule has 4 rings (SSSR count). The van der Waals surface area contributed by atoms with Crippen molar-refractivity contribution in [3.63, 3.8) is 0 Å². The molecule has 0 saturated carbocycles. The molecule has 28 heavy (non-hydrogen) atoms. The number of benzene rings is 1. The van der Waals surface area contributed by atoms with E-state index in [1.165, 1.54) is 0 Å². The maximum atomic E-state index is 13.2. The summed E-state index contributed by atoms with van der Waals surface area (Å²) in [6, 6.07) is 9.61. The number of aryl methyl sites for hydroxylation is 2. The van der Waals surface area contributed by atoms with E-state index in [0.717, 1.165) is 23.1 Å². The first kappa shape index (κ1) is 18.6. The van der Waals surface area contributed by atoms with E-state index in [9.17, 15) is 9.59 Å². The molecule has 146 valence electrons. The molecule has 2 aliphatic rings. The number of hydrogen-bond acceptors (Lipinski definition) is 4. The van der Waals surface area contributed by atoms with Crippen molar-refractivity contribution < 1.29 is 14.3 Å². The van der Waals surface area contributed by atoms with Crippen LogP contribution in [0.4, 0.5) is 0 Å². The monoisotopic (exact) mass is 379 g/mol. The number of carbonyl (C=O) groups is 2. The number of amides is 2. The van der Waals surface area contributed by atoms with Crippen LogP contribution in [-0.2, 0) is 16.1 Å². The zero-order valence-electron chi connectivity index (χ0n) is 16.2. The van der Waals surface area contributed by atoms with E-state index >= 15 is 0 Å². The van der Waals surface area contributed by atoms with Crippen molar-refractivity contribution in [2.75, 3.05) is 13.2 Å². The number of likely N-dealkylation sites (tertiary alicyclic amines) is 1. The Bertz CT molecular complexity index is 864. The molecule has 3 unspecified atom stereocenters. The zero-order chi connectivity index (χ0) is 19.7. The van der Waals surface area contributed by atoms with Crippen molar-refractivity contribution in [3.8, 4) is 0 Å². The lowest BCUT2D eigenvalue weighted by Gasteiger charge is -2.23. The Hall–Kier alpha value is -2.73. The Labute approximate surface area is 164 Å². The third-order valence-corrected chi connectivity index (χ3v) is 5.55. The molecular weight excluding hydrogens is 354 g/mol. The van der Waals surface area contributed by atoms with Gasteiger partial charge in [-0.1, -0.05) is 23.3 Å². The van der Waals surface area contributed by atoms with Crippen molar-refractivity contribution in [2.24, 2.45) is 5.92 Å². The minimum Gasteiger partial charge on any atom is -0.375 e. The summed E-state index contributed by atoms with van der Waals surface area (Å²) in [4.78, 5) is 31.9. The molecule has 3 heterocycles. The maximum Gasteiger partial charge on any atom is 0.254 e. The second-order valence-electron chi connectivity index (χ2n) is 7.71. The SMILES string of the molecule is Cc1cc(C)cc(C(=O)N2CC(C(=O)NCc3cccnc3)C3OCCC32)c1. The van der Waals surface area contributed by atoms with Gasteiger partial charge in [-0.15, -0.1) is 0 Å². The number of hydrogen-bond donors (Lipinski definition) is 1. The topological polar surface area (TPSA) is 71.5 Å². The number of aromatic nitrogens is 1. The first-order chi connectivity index (χ1) is 13.5. The predicted octanol–water partition coefficient (Wildman–Crippen LogP) is 2.24. The van der Waals surface area contributed by atoms with Gasteiger partial charge in [-0.3, -0.25) is 14.6 Å². The van der Waals surface area contributed by atoms with Gasteiger partial charge in [0.1, 0.15) is 0 Å². The summed E-state index contributed by atoms with van der Waals surface area (Å²) in [6.45, 7) is 5.37. The number of carbonyl (C=O) groups excluding carboxylic acids is 2. The van der Waals surface area contributed by atoms with E-state index in [1.807, 2.05) is 43.0 Å². The molecule has 0 spiro atoms. The van der Waals surface area contributed by atoms with Crippen molar-refractivity contribution in [3.05, 3.63) is 65.0 Å². The average molecular weight is 379 g/mol. The third kappa shape index (κ3) is 3.64. The number of fused-ring (bicyclic) bond motifs is 1. The molecule has 0 radical (unpaired) electrons. The number of nitrogens with zero attached hydrogens (tertiary/aromatic N) is 2. The normalized spacial score (nSPS) is 23.5. The van der Waals surface area contributed by atoms with Gasteiger partial charge in [0.15, 0.2) is 0 Å². The van der Waals surface area contributed by atoms with Gasteiger partial charge in [0.05, 0.1) is 18.1 Å². The molecule has 6 nitrogen and oxygen atoms in total. The standard InChI is InChI=1S/C22H25N3O3/c1-14-8-15(2)10-17(9-14)22(27)25-13-18(20-19(25)5-7-28-20)21(26)24-12-16-4-3-6-23-11-16/h3-4,6,8-11,18-20H,5,7,12-13H2,1-2H3,(H,24,26). The van der Waals surface area contributed by atoms with Gasteiger partial charge >= 0.3 is 0 Å². The molecule has 0 bridgehead atoms. The maximum absolute atomic E-state index is 13.2. The van der Waals surface area contributed by atoms with Crippen LogP contribution in [-0.4, -0.2) is 47.0 Å².